The van der Waals surface area contributed by atoms with E-state index >= 15 is 0 Å². The van der Waals surface area contributed by atoms with Gasteiger partial charge in [0, 0.05) is 25.5 Å². The second-order valence-electron chi connectivity index (χ2n) is 5.41. The Morgan fingerprint density at radius 3 is 2.67 bits per heavy atom. The lowest BCUT2D eigenvalue weighted by molar-refractivity contribution is -0.116. The third kappa shape index (κ3) is 3.74. The summed E-state index contributed by atoms with van der Waals surface area (Å²) in [6.45, 7) is 0.961. The van der Waals surface area contributed by atoms with Gasteiger partial charge < -0.3 is 9.88 Å². The van der Waals surface area contributed by atoms with Crippen LogP contribution in [-0.4, -0.2) is 46.3 Å². The molecule has 0 radical (unpaired) electrons. The molecule has 8 nitrogen and oxygen atoms in total. The molecule has 1 saturated heterocycles. The van der Waals surface area contributed by atoms with Crippen LogP contribution in [0.1, 0.15) is 12.8 Å². The molecule has 24 heavy (non-hydrogen) atoms. The largest absolute Gasteiger partial charge is 0.327 e. The zero-order valence-electron chi connectivity index (χ0n) is 12.7. The minimum Gasteiger partial charge on any atom is -0.327 e. The van der Waals surface area contributed by atoms with Crippen LogP contribution in [0.25, 0.3) is 0 Å². The number of hydrogen-bond acceptors (Lipinski definition) is 5. The molecule has 1 aliphatic rings. The molecule has 1 amide bonds. The number of imidazole rings is 1. The molecule has 128 valence electrons. The molecule has 0 aliphatic carbocycles. The van der Waals surface area contributed by atoms with E-state index in [1.807, 2.05) is 0 Å². The SMILES string of the molecule is O=C(Cn1cnc(S(=O)(=O)N2CCCC2)c1)Nc1ccc(Cl)cn1. The van der Waals surface area contributed by atoms with Crippen molar-refractivity contribution in [2.45, 2.75) is 24.4 Å². The predicted octanol–water partition coefficient (Wildman–Crippen LogP) is 1.35. The van der Waals surface area contributed by atoms with Crippen molar-refractivity contribution in [2.75, 3.05) is 18.4 Å². The fourth-order valence-corrected chi connectivity index (χ4v) is 3.98. The molecule has 1 N–H and O–H groups in total. The van der Waals surface area contributed by atoms with Crippen LogP contribution in [0.4, 0.5) is 5.82 Å². The summed E-state index contributed by atoms with van der Waals surface area (Å²) in [6, 6.07) is 3.19. The van der Waals surface area contributed by atoms with Gasteiger partial charge in [-0.3, -0.25) is 4.79 Å². The van der Waals surface area contributed by atoms with Crippen LogP contribution >= 0.6 is 11.6 Å². The fourth-order valence-electron chi connectivity index (χ4n) is 2.42. The number of anilines is 1. The zero-order valence-corrected chi connectivity index (χ0v) is 14.3. The number of carbonyl (C=O) groups excluding carboxylic acids is 1. The summed E-state index contributed by atoms with van der Waals surface area (Å²) in [4.78, 5) is 19.9. The lowest BCUT2D eigenvalue weighted by Crippen LogP contribution is -2.28. The zero-order chi connectivity index (χ0) is 17.2. The van der Waals surface area contributed by atoms with Crippen molar-refractivity contribution >= 4 is 33.3 Å². The Kier molecular flexibility index (Phi) is 4.83. The monoisotopic (exact) mass is 369 g/mol. The average molecular weight is 370 g/mol. The number of hydrogen-bond donors (Lipinski definition) is 1. The number of nitrogens with one attached hydrogen (secondary N) is 1. The first-order valence-electron chi connectivity index (χ1n) is 7.38. The van der Waals surface area contributed by atoms with Gasteiger partial charge in [0.05, 0.1) is 11.3 Å². The minimum absolute atomic E-state index is 0.0400. The Labute approximate surface area is 144 Å². The van der Waals surface area contributed by atoms with Gasteiger partial charge in [-0.05, 0) is 25.0 Å². The molecule has 0 aromatic carbocycles. The first-order chi connectivity index (χ1) is 11.4. The van der Waals surface area contributed by atoms with Crippen molar-refractivity contribution in [2.24, 2.45) is 0 Å². The van der Waals surface area contributed by atoms with E-state index in [9.17, 15) is 13.2 Å². The first kappa shape index (κ1) is 16.9. The summed E-state index contributed by atoms with van der Waals surface area (Å²) in [7, 11) is -3.57. The highest BCUT2D eigenvalue weighted by molar-refractivity contribution is 7.89. The van der Waals surface area contributed by atoms with E-state index in [1.54, 1.807) is 12.1 Å². The molecule has 0 atom stereocenters. The van der Waals surface area contributed by atoms with E-state index in [0.29, 0.717) is 23.9 Å². The Bertz CT molecular complexity index is 828. The minimum atomic E-state index is -3.57. The number of aromatic nitrogens is 3. The van der Waals surface area contributed by atoms with Gasteiger partial charge >= 0.3 is 0 Å². The predicted molar refractivity (Wildman–Crippen MR) is 88.1 cm³/mol. The molecule has 0 unspecified atom stereocenters. The number of rotatable bonds is 5. The van der Waals surface area contributed by atoms with Crippen molar-refractivity contribution < 1.29 is 13.2 Å². The number of amides is 1. The molecule has 1 fully saturated rings. The fraction of sp³-hybridized carbons (Fsp3) is 0.357. The van der Waals surface area contributed by atoms with Crippen LogP contribution in [0.5, 0.6) is 0 Å². The van der Waals surface area contributed by atoms with Gasteiger partial charge in [0.2, 0.25) is 5.91 Å². The van der Waals surface area contributed by atoms with E-state index in [-0.39, 0.29) is 17.5 Å². The average Bonchev–Trinajstić information content (AvgIpc) is 3.21. The van der Waals surface area contributed by atoms with E-state index in [4.69, 9.17) is 11.6 Å². The highest BCUT2D eigenvalue weighted by Crippen LogP contribution is 2.19. The summed E-state index contributed by atoms with van der Waals surface area (Å²) < 4.78 is 27.6. The molecular formula is C14H16ClN5O3S. The molecule has 1 aliphatic heterocycles. The van der Waals surface area contributed by atoms with Crippen molar-refractivity contribution in [1.82, 2.24) is 18.8 Å². The maximum Gasteiger partial charge on any atom is 0.262 e. The summed E-state index contributed by atoms with van der Waals surface area (Å²) in [5.74, 6) is 0.0294. The van der Waals surface area contributed by atoms with Gasteiger partial charge in [0.1, 0.15) is 12.4 Å². The van der Waals surface area contributed by atoms with Crippen LogP contribution in [0.15, 0.2) is 35.9 Å². The molecule has 0 spiro atoms. The number of nitrogens with zero attached hydrogens (tertiary/aromatic N) is 4. The molecule has 0 saturated carbocycles. The van der Waals surface area contributed by atoms with E-state index in [1.165, 1.54) is 27.6 Å². The van der Waals surface area contributed by atoms with Crippen LogP contribution in [0.3, 0.4) is 0 Å². The molecule has 2 aromatic rings. The third-order valence-corrected chi connectivity index (χ3v) is 5.61. The molecule has 2 aromatic heterocycles. The summed E-state index contributed by atoms with van der Waals surface area (Å²) in [5, 5.41) is 3.04. The molecule has 0 bridgehead atoms. The van der Waals surface area contributed by atoms with Gasteiger partial charge in [-0.25, -0.2) is 18.4 Å². The van der Waals surface area contributed by atoms with Gasteiger partial charge in [-0.2, -0.15) is 4.31 Å². The quantitative estimate of drug-likeness (QED) is 0.858. The van der Waals surface area contributed by atoms with Gasteiger partial charge in [-0.1, -0.05) is 11.6 Å². The lowest BCUT2D eigenvalue weighted by atomic mass is 10.4. The van der Waals surface area contributed by atoms with Crippen LogP contribution < -0.4 is 5.32 Å². The van der Waals surface area contributed by atoms with Crippen molar-refractivity contribution in [3.05, 3.63) is 35.9 Å². The summed E-state index contributed by atoms with van der Waals surface area (Å²) >= 11 is 5.73. The van der Waals surface area contributed by atoms with Gasteiger partial charge in [-0.15, -0.1) is 0 Å². The smallest absolute Gasteiger partial charge is 0.262 e. The highest BCUT2D eigenvalue weighted by Gasteiger charge is 2.29. The molecule has 3 rings (SSSR count). The maximum absolute atomic E-state index is 12.4. The number of pyridine rings is 1. The van der Waals surface area contributed by atoms with Crippen molar-refractivity contribution in [1.29, 1.82) is 0 Å². The summed E-state index contributed by atoms with van der Waals surface area (Å²) in [5.41, 5.74) is 0. The second-order valence-corrected chi connectivity index (χ2v) is 7.73. The first-order valence-corrected chi connectivity index (χ1v) is 9.20. The second kappa shape index (κ2) is 6.88. The summed E-state index contributed by atoms with van der Waals surface area (Å²) in [6.07, 6.45) is 5.84. The van der Waals surface area contributed by atoms with Crippen molar-refractivity contribution in [3.63, 3.8) is 0 Å². The van der Waals surface area contributed by atoms with Crippen molar-refractivity contribution in [3.8, 4) is 0 Å². The van der Waals surface area contributed by atoms with Crippen LogP contribution in [0, 0.1) is 0 Å². The molecule has 3 heterocycles. The van der Waals surface area contributed by atoms with E-state index in [0.717, 1.165) is 12.8 Å². The Hall–Kier alpha value is -1.97. The molecule has 10 heteroatoms. The normalized spacial score (nSPS) is 15.5. The van der Waals surface area contributed by atoms with Crippen LogP contribution in [-0.2, 0) is 21.4 Å². The molecular weight excluding hydrogens is 354 g/mol. The number of carbonyl (C=O) groups is 1. The van der Waals surface area contributed by atoms with E-state index in [2.05, 4.69) is 15.3 Å². The standard InChI is InChI=1S/C14H16ClN5O3S/c15-11-3-4-12(16-7-11)18-13(21)8-19-9-14(17-10-19)24(22,23)20-5-1-2-6-20/h3-4,7,9-10H,1-2,5-6,8H2,(H,16,18,21). The topological polar surface area (TPSA) is 97.2 Å². The maximum atomic E-state index is 12.4. The Balaban J connectivity index is 1.65. The van der Waals surface area contributed by atoms with Crippen LogP contribution in [0.2, 0.25) is 5.02 Å². The Morgan fingerprint density at radius 1 is 1.25 bits per heavy atom. The lowest BCUT2D eigenvalue weighted by Gasteiger charge is -2.12. The van der Waals surface area contributed by atoms with E-state index < -0.39 is 10.0 Å². The third-order valence-electron chi connectivity index (χ3n) is 3.60. The highest BCUT2D eigenvalue weighted by atomic mass is 35.5. The number of halogens is 1. The van der Waals surface area contributed by atoms with Gasteiger partial charge in [0.15, 0.2) is 5.03 Å². The number of sulfonamides is 1. The Morgan fingerprint density at radius 2 is 2.00 bits per heavy atom. The van der Waals surface area contributed by atoms with Gasteiger partial charge in [0.25, 0.3) is 10.0 Å².